The third kappa shape index (κ3) is 4.09. The predicted octanol–water partition coefficient (Wildman–Crippen LogP) is 4.79. The largest absolute Gasteiger partial charge is 0.383 e. The first-order valence-electron chi connectivity index (χ1n) is 10.9. The van der Waals surface area contributed by atoms with Crippen LogP contribution in [0.25, 0.3) is 16.5 Å². The number of aromatic nitrogens is 3. The number of para-hydroxylation sites is 1. The molecule has 4 aromatic rings. The molecular weight excluding hydrogens is 412 g/mol. The third-order valence-electron chi connectivity index (χ3n) is 5.82. The van der Waals surface area contributed by atoms with Gasteiger partial charge in [-0.15, -0.1) is 0 Å². The molecule has 0 radical (unpaired) electrons. The van der Waals surface area contributed by atoms with Gasteiger partial charge in [0.25, 0.3) is 5.56 Å². The van der Waals surface area contributed by atoms with Gasteiger partial charge in [0, 0.05) is 11.4 Å². The number of nitrogens with two attached hydrogens (primary N) is 1. The zero-order valence-corrected chi connectivity index (χ0v) is 19.3. The number of aryl methyl sites for hydroxylation is 1. The zero-order valence-electron chi connectivity index (χ0n) is 19.3. The van der Waals surface area contributed by atoms with Crippen molar-refractivity contribution in [2.45, 2.75) is 40.2 Å². The normalized spacial score (nSPS) is 11.2. The molecule has 0 aliphatic heterocycles. The van der Waals surface area contributed by atoms with Gasteiger partial charge in [0.05, 0.1) is 23.2 Å². The fraction of sp³-hybridized carbons (Fsp3) is 0.231. The van der Waals surface area contributed by atoms with Crippen molar-refractivity contribution >= 4 is 28.1 Å². The van der Waals surface area contributed by atoms with Crippen LogP contribution < -0.4 is 16.6 Å². The summed E-state index contributed by atoms with van der Waals surface area (Å²) >= 11 is 0. The number of hydrogen-bond acceptors (Lipinski definition) is 6. The van der Waals surface area contributed by atoms with Gasteiger partial charge in [0.15, 0.2) is 0 Å². The lowest BCUT2D eigenvalue weighted by Crippen LogP contribution is -2.25. The Morgan fingerprint density at radius 1 is 1.15 bits per heavy atom. The van der Waals surface area contributed by atoms with Crippen LogP contribution in [0.5, 0.6) is 0 Å². The minimum atomic E-state index is -0.0545. The number of nitrogens with zero attached hydrogens (tertiary/aromatic N) is 3. The van der Waals surface area contributed by atoms with E-state index in [2.05, 4.69) is 35.2 Å². The van der Waals surface area contributed by atoms with Gasteiger partial charge < -0.3 is 16.5 Å². The molecule has 4 rings (SSSR count). The van der Waals surface area contributed by atoms with E-state index in [1.54, 1.807) is 11.5 Å². The van der Waals surface area contributed by atoms with Gasteiger partial charge in [-0.3, -0.25) is 9.36 Å². The highest BCUT2D eigenvalue weighted by Crippen LogP contribution is 2.26. The van der Waals surface area contributed by atoms with Crippen LogP contribution in [0, 0.1) is 12.3 Å². The summed E-state index contributed by atoms with van der Waals surface area (Å²) in [5.41, 5.74) is 10.4. The predicted molar refractivity (Wildman–Crippen MR) is 135 cm³/mol. The van der Waals surface area contributed by atoms with Crippen LogP contribution in [0.3, 0.4) is 0 Å². The Morgan fingerprint density at radius 2 is 1.91 bits per heavy atom. The lowest BCUT2D eigenvalue weighted by Gasteiger charge is -2.20. The molecular formula is C26H28N6O. The van der Waals surface area contributed by atoms with E-state index in [0.29, 0.717) is 23.3 Å². The van der Waals surface area contributed by atoms with E-state index in [1.807, 2.05) is 49.4 Å². The van der Waals surface area contributed by atoms with Crippen molar-refractivity contribution in [3.8, 4) is 5.69 Å². The maximum atomic E-state index is 13.8. The standard InChI is InChI=1S/C26H28N6O/c1-15(2)20-10-5-6-11-21(20)32-19(12-18-9-7-8-16(3)22(18)26(32)33)13-29-25-23(17(4)27)24(28)30-14-31-25/h5-12,14-15,27H,13H2,1-4H3,(H3,28,29,30,31). The molecule has 0 atom stereocenters. The molecule has 0 aliphatic rings. The Bertz CT molecular complexity index is 1420. The van der Waals surface area contributed by atoms with E-state index < -0.39 is 0 Å². The second kappa shape index (κ2) is 8.86. The van der Waals surface area contributed by atoms with Crippen LogP contribution >= 0.6 is 0 Å². The van der Waals surface area contributed by atoms with Crippen LogP contribution in [-0.4, -0.2) is 20.2 Å². The smallest absolute Gasteiger partial charge is 0.263 e. The Hall–Kier alpha value is -4.00. The second-order valence-electron chi connectivity index (χ2n) is 8.49. The molecule has 0 saturated carbocycles. The van der Waals surface area contributed by atoms with Crippen molar-refractivity contribution in [1.29, 1.82) is 5.41 Å². The first-order valence-corrected chi connectivity index (χ1v) is 10.9. The fourth-order valence-electron chi connectivity index (χ4n) is 4.24. The highest BCUT2D eigenvalue weighted by atomic mass is 16.1. The van der Waals surface area contributed by atoms with Crippen LogP contribution in [0.15, 0.2) is 59.7 Å². The first kappa shape index (κ1) is 22.2. The Labute approximate surface area is 192 Å². The molecule has 0 fully saturated rings. The van der Waals surface area contributed by atoms with E-state index in [-0.39, 0.29) is 23.0 Å². The molecule has 0 aliphatic carbocycles. The van der Waals surface area contributed by atoms with E-state index in [9.17, 15) is 4.79 Å². The minimum Gasteiger partial charge on any atom is -0.383 e. The summed E-state index contributed by atoms with van der Waals surface area (Å²) < 4.78 is 1.79. The number of nitrogens with one attached hydrogen (secondary N) is 2. The summed E-state index contributed by atoms with van der Waals surface area (Å²) in [6, 6.07) is 15.9. The van der Waals surface area contributed by atoms with Crippen molar-refractivity contribution in [2.24, 2.45) is 0 Å². The Morgan fingerprint density at radius 3 is 2.64 bits per heavy atom. The number of nitrogen functional groups attached to an aromatic ring is 1. The molecule has 0 bridgehead atoms. The molecule has 4 N–H and O–H groups in total. The highest BCUT2D eigenvalue weighted by Gasteiger charge is 2.18. The zero-order chi connectivity index (χ0) is 23.7. The molecule has 2 heterocycles. The number of benzene rings is 2. The first-order chi connectivity index (χ1) is 15.8. The molecule has 2 aromatic heterocycles. The average molecular weight is 441 g/mol. The van der Waals surface area contributed by atoms with Crippen LogP contribution in [-0.2, 0) is 6.54 Å². The average Bonchev–Trinajstić information content (AvgIpc) is 2.77. The Balaban J connectivity index is 1.93. The molecule has 2 aromatic carbocycles. The van der Waals surface area contributed by atoms with E-state index in [1.165, 1.54) is 6.33 Å². The number of rotatable bonds is 6. The Kier molecular flexibility index (Phi) is 5.96. The molecule has 7 heteroatoms. The molecule has 0 amide bonds. The van der Waals surface area contributed by atoms with Gasteiger partial charge in [0.2, 0.25) is 0 Å². The molecule has 168 valence electrons. The lowest BCUT2D eigenvalue weighted by molar-refractivity contribution is 0.819. The molecule has 0 saturated heterocycles. The minimum absolute atomic E-state index is 0.0545. The lowest BCUT2D eigenvalue weighted by atomic mass is 10.00. The van der Waals surface area contributed by atoms with Crippen molar-refractivity contribution < 1.29 is 0 Å². The summed E-state index contributed by atoms with van der Waals surface area (Å²) in [6.45, 7) is 8.17. The number of hydrogen-bond donors (Lipinski definition) is 3. The van der Waals surface area contributed by atoms with E-state index in [0.717, 1.165) is 27.9 Å². The van der Waals surface area contributed by atoms with Gasteiger partial charge in [0.1, 0.15) is 18.0 Å². The van der Waals surface area contributed by atoms with Crippen molar-refractivity contribution in [2.75, 3.05) is 11.1 Å². The number of anilines is 2. The summed E-state index contributed by atoms with van der Waals surface area (Å²) in [7, 11) is 0. The van der Waals surface area contributed by atoms with Gasteiger partial charge in [-0.25, -0.2) is 9.97 Å². The number of pyridine rings is 1. The summed E-state index contributed by atoms with van der Waals surface area (Å²) in [5.74, 6) is 0.961. The van der Waals surface area contributed by atoms with E-state index >= 15 is 0 Å². The molecule has 0 spiro atoms. The molecule has 7 nitrogen and oxygen atoms in total. The summed E-state index contributed by atoms with van der Waals surface area (Å²) in [4.78, 5) is 22.1. The van der Waals surface area contributed by atoms with Crippen molar-refractivity contribution in [3.63, 3.8) is 0 Å². The van der Waals surface area contributed by atoms with Crippen LogP contribution in [0.1, 0.15) is 49.1 Å². The maximum Gasteiger partial charge on any atom is 0.263 e. The fourth-order valence-corrected chi connectivity index (χ4v) is 4.24. The number of fused-ring (bicyclic) bond motifs is 1. The maximum absolute atomic E-state index is 13.8. The van der Waals surface area contributed by atoms with Gasteiger partial charge >= 0.3 is 0 Å². The third-order valence-corrected chi connectivity index (χ3v) is 5.82. The molecule has 33 heavy (non-hydrogen) atoms. The highest BCUT2D eigenvalue weighted by molar-refractivity contribution is 6.04. The summed E-state index contributed by atoms with van der Waals surface area (Å²) in [5, 5.41) is 12.9. The topological polar surface area (TPSA) is 110 Å². The van der Waals surface area contributed by atoms with Gasteiger partial charge in [-0.2, -0.15) is 0 Å². The van der Waals surface area contributed by atoms with Crippen molar-refractivity contribution in [1.82, 2.24) is 14.5 Å². The van der Waals surface area contributed by atoms with Gasteiger partial charge in [-0.05, 0) is 48.4 Å². The van der Waals surface area contributed by atoms with Crippen LogP contribution in [0.2, 0.25) is 0 Å². The van der Waals surface area contributed by atoms with Crippen LogP contribution in [0.4, 0.5) is 11.6 Å². The molecule has 0 unspecified atom stereocenters. The van der Waals surface area contributed by atoms with Crippen molar-refractivity contribution in [3.05, 3.63) is 87.6 Å². The van der Waals surface area contributed by atoms with Gasteiger partial charge in [-0.1, -0.05) is 50.2 Å². The monoisotopic (exact) mass is 440 g/mol. The van der Waals surface area contributed by atoms with E-state index in [4.69, 9.17) is 11.1 Å². The summed E-state index contributed by atoms with van der Waals surface area (Å²) in [6.07, 6.45) is 1.37. The second-order valence-corrected chi connectivity index (χ2v) is 8.49. The quantitative estimate of drug-likeness (QED) is 0.373. The SMILES string of the molecule is CC(=N)c1c(N)ncnc1NCc1cc2cccc(C)c2c(=O)n1-c1ccccc1C(C)C.